The Morgan fingerprint density at radius 1 is 1.22 bits per heavy atom. The Kier molecular flexibility index (Phi) is 5.81. The first kappa shape index (κ1) is 20.7. The zero-order valence-corrected chi connectivity index (χ0v) is 16.6. The predicted molar refractivity (Wildman–Crippen MR) is 105 cm³/mol. The van der Waals surface area contributed by atoms with Crippen LogP contribution < -0.4 is 11.0 Å². The number of benzene rings is 1. The maximum Gasteiger partial charge on any atom is 0.337 e. The Morgan fingerprint density at radius 3 is 2.33 bits per heavy atom. The first-order valence-electron chi connectivity index (χ1n) is 9.06. The zero-order valence-electron chi connectivity index (χ0n) is 16.6. The summed E-state index contributed by atoms with van der Waals surface area (Å²) < 4.78 is 2.61. The Hall–Kier alpha value is -2.59. The number of nitrogens with zero attached hydrogens (tertiary/aromatic N) is 3. The first-order valence-corrected chi connectivity index (χ1v) is 9.06. The maximum atomic E-state index is 13.0. The fourth-order valence-corrected chi connectivity index (χ4v) is 2.88. The summed E-state index contributed by atoms with van der Waals surface area (Å²) >= 11 is 0. The average molecular weight is 372 g/mol. The van der Waals surface area contributed by atoms with Crippen LogP contribution in [0.2, 0.25) is 0 Å². The third kappa shape index (κ3) is 4.77. The van der Waals surface area contributed by atoms with Gasteiger partial charge in [0.15, 0.2) is 0 Å². The minimum absolute atomic E-state index is 0.154. The first-order chi connectivity index (χ1) is 12.5. The molecule has 0 aliphatic carbocycles. The SMILES string of the molecule is CC(C)(O)CCn1c(=O)n(C(=O)N[C@H](CC#N)C(C)(C)C)c2ccccc21. The predicted octanol–water partition coefficient (Wildman–Crippen LogP) is 2.85. The molecule has 7 nitrogen and oxygen atoms in total. The van der Waals surface area contributed by atoms with Crippen LogP contribution in [0.5, 0.6) is 0 Å². The number of fused-ring (bicyclic) bond motifs is 1. The quantitative estimate of drug-likeness (QED) is 0.843. The summed E-state index contributed by atoms with van der Waals surface area (Å²) in [5, 5.41) is 21.9. The zero-order chi connectivity index (χ0) is 20.4. The van der Waals surface area contributed by atoms with Gasteiger partial charge in [-0.2, -0.15) is 5.26 Å². The Labute approximate surface area is 159 Å². The standard InChI is InChI=1S/C20H28N4O3/c1-19(2,3)16(10-12-21)22-17(25)24-15-9-7-6-8-14(15)23(18(24)26)13-11-20(4,5)27/h6-9,16,27H,10-11,13H2,1-5H3,(H,22,25)/t16-/m1/s1. The van der Waals surface area contributed by atoms with Crippen molar-refractivity contribution in [1.82, 2.24) is 14.5 Å². The molecule has 0 unspecified atom stereocenters. The summed E-state index contributed by atoms with van der Waals surface area (Å²) in [4.78, 5) is 25.9. The highest BCUT2D eigenvalue weighted by Crippen LogP contribution is 2.22. The summed E-state index contributed by atoms with van der Waals surface area (Å²) in [5.41, 5.74) is -0.569. The van der Waals surface area contributed by atoms with Crippen LogP contribution in [0.3, 0.4) is 0 Å². The van der Waals surface area contributed by atoms with Crippen LogP contribution in [0.1, 0.15) is 47.5 Å². The normalized spacial score (nSPS) is 13.4. The largest absolute Gasteiger partial charge is 0.390 e. The molecule has 0 radical (unpaired) electrons. The number of carbonyl (C=O) groups excluding carboxylic acids is 1. The van der Waals surface area contributed by atoms with E-state index in [2.05, 4.69) is 11.4 Å². The van der Waals surface area contributed by atoms with Gasteiger partial charge in [-0.15, -0.1) is 0 Å². The molecular weight excluding hydrogens is 344 g/mol. The van der Waals surface area contributed by atoms with Crippen molar-refractivity contribution in [2.75, 3.05) is 0 Å². The van der Waals surface area contributed by atoms with Crippen molar-refractivity contribution in [2.45, 2.75) is 65.6 Å². The van der Waals surface area contributed by atoms with E-state index in [1.54, 1.807) is 38.1 Å². The Morgan fingerprint density at radius 2 is 1.81 bits per heavy atom. The molecule has 7 heteroatoms. The molecule has 2 aromatic rings. The van der Waals surface area contributed by atoms with Crippen molar-refractivity contribution in [3.63, 3.8) is 0 Å². The monoisotopic (exact) mass is 372 g/mol. The van der Waals surface area contributed by atoms with Gasteiger partial charge in [0.1, 0.15) is 0 Å². The molecular formula is C20H28N4O3. The van der Waals surface area contributed by atoms with E-state index in [0.717, 1.165) is 4.57 Å². The highest BCUT2D eigenvalue weighted by atomic mass is 16.3. The van der Waals surface area contributed by atoms with Gasteiger partial charge in [-0.1, -0.05) is 32.9 Å². The molecule has 1 atom stereocenters. The molecule has 0 bridgehead atoms. The number of hydrogen-bond acceptors (Lipinski definition) is 4. The van der Waals surface area contributed by atoms with Crippen molar-refractivity contribution in [3.8, 4) is 6.07 Å². The molecule has 2 rings (SSSR count). The summed E-state index contributed by atoms with van der Waals surface area (Å²) in [5.74, 6) is 0. The lowest BCUT2D eigenvalue weighted by atomic mass is 9.85. The van der Waals surface area contributed by atoms with Crippen LogP contribution in [0.4, 0.5) is 4.79 Å². The van der Waals surface area contributed by atoms with Crippen LogP contribution in [0, 0.1) is 16.7 Å². The number of aliphatic hydroxyl groups is 1. The van der Waals surface area contributed by atoms with Crippen LogP contribution in [0.25, 0.3) is 11.0 Å². The van der Waals surface area contributed by atoms with Gasteiger partial charge in [0, 0.05) is 12.6 Å². The average Bonchev–Trinajstić information content (AvgIpc) is 2.82. The number of nitriles is 1. The van der Waals surface area contributed by atoms with E-state index in [1.165, 1.54) is 4.57 Å². The fraction of sp³-hybridized carbons (Fsp3) is 0.550. The van der Waals surface area contributed by atoms with E-state index >= 15 is 0 Å². The van der Waals surface area contributed by atoms with E-state index in [1.807, 2.05) is 20.8 Å². The number of carbonyl (C=O) groups is 1. The van der Waals surface area contributed by atoms with Crippen LogP contribution >= 0.6 is 0 Å². The molecule has 0 fully saturated rings. The maximum absolute atomic E-state index is 13.0. The van der Waals surface area contributed by atoms with E-state index in [9.17, 15) is 14.7 Å². The van der Waals surface area contributed by atoms with Gasteiger partial charge < -0.3 is 10.4 Å². The van der Waals surface area contributed by atoms with Crippen LogP contribution in [-0.2, 0) is 6.54 Å². The Bertz CT molecular complexity index is 920. The third-order valence-corrected chi connectivity index (χ3v) is 4.62. The van der Waals surface area contributed by atoms with Crippen molar-refractivity contribution in [2.24, 2.45) is 5.41 Å². The van der Waals surface area contributed by atoms with Gasteiger partial charge in [0.05, 0.1) is 29.1 Å². The topological polar surface area (TPSA) is 100 Å². The number of rotatable bonds is 5. The number of nitrogens with one attached hydrogen (secondary N) is 1. The fourth-order valence-electron chi connectivity index (χ4n) is 2.88. The van der Waals surface area contributed by atoms with Crippen molar-refractivity contribution < 1.29 is 9.90 Å². The van der Waals surface area contributed by atoms with Gasteiger partial charge >= 0.3 is 11.7 Å². The molecule has 0 spiro atoms. The highest BCUT2D eigenvalue weighted by molar-refractivity contribution is 5.89. The smallest absolute Gasteiger partial charge is 0.337 e. The minimum atomic E-state index is -0.922. The second-order valence-corrected chi connectivity index (χ2v) is 8.55. The molecule has 146 valence electrons. The molecule has 0 saturated carbocycles. The molecule has 0 saturated heterocycles. The lowest BCUT2D eigenvalue weighted by Crippen LogP contribution is -2.47. The van der Waals surface area contributed by atoms with Gasteiger partial charge in [0.2, 0.25) is 0 Å². The summed E-state index contributed by atoms with van der Waals surface area (Å²) in [7, 11) is 0. The molecule has 1 aromatic heterocycles. The van der Waals surface area contributed by atoms with Crippen molar-refractivity contribution in [1.29, 1.82) is 5.26 Å². The number of hydrogen-bond donors (Lipinski definition) is 2. The summed E-state index contributed by atoms with van der Waals surface area (Å²) in [6.07, 6.45) is 0.531. The summed E-state index contributed by atoms with van der Waals surface area (Å²) in [6, 6.07) is 8.22. The number of para-hydroxylation sites is 2. The van der Waals surface area contributed by atoms with E-state index in [0.29, 0.717) is 24.0 Å². The summed E-state index contributed by atoms with van der Waals surface area (Å²) in [6.45, 7) is 9.46. The molecule has 0 aliphatic heterocycles. The van der Waals surface area contributed by atoms with Gasteiger partial charge in [-0.25, -0.2) is 14.2 Å². The van der Waals surface area contributed by atoms with Gasteiger partial charge in [-0.05, 0) is 37.8 Å². The number of amides is 1. The second-order valence-electron chi connectivity index (χ2n) is 8.55. The lowest BCUT2D eigenvalue weighted by Gasteiger charge is -2.29. The van der Waals surface area contributed by atoms with E-state index < -0.39 is 17.3 Å². The van der Waals surface area contributed by atoms with Crippen molar-refractivity contribution in [3.05, 3.63) is 34.7 Å². The van der Waals surface area contributed by atoms with Crippen LogP contribution in [-0.4, -0.2) is 31.9 Å². The molecule has 27 heavy (non-hydrogen) atoms. The molecule has 0 aliphatic rings. The molecule has 1 aromatic carbocycles. The molecule has 1 amide bonds. The number of imidazole rings is 1. The number of aryl methyl sites for hydroxylation is 1. The van der Waals surface area contributed by atoms with Gasteiger partial charge in [0.25, 0.3) is 0 Å². The second kappa shape index (κ2) is 7.57. The highest BCUT2D eigenvalue weighted by Gasteiger charge is 2.28. The molecule has 1 heterocycles. The molecule has 2 N–H and O–H groups in total. The van der Waals surface area contributed by atoms with Gasteiger partial charge in [-0.3, -0.25) is 4.57 Å². The van der Waals surface area contributed by atoms with E-state index in [-0.39, 0.29) is 17.9 Å². The minimum Gasteiger partial charge on any atom is -0.390 e. The lowest BCUT2D eigenvalue weighted by molar-refractivity contribution is 0.0663. The number of aromatic nitrogens is 2. The van der Waals surface area contributed by atoms with E-state index in [4.69, 9.17) is 5.26 Å². The van der Waals surface area contributed by atoms with Crippen LogP contribution in [0.15, 0.2) is 29.1 Å². The Balaban J connectivity index is 2.46. The third-order valence-electron chi connectivity index (χ3n) is 4.62. The van der Waals surface area contributed by atoms with Crippen molar-refractivity contribution >= 4 is 17.1 Å².